The van der Waals surface area contributed by atoms with Crippen molar-refractivity contribution in [2.24, 2.45) is 17.6 Å². The van der Waals surface area contributed by atoms with Crippen LogP contribution in [0.1, 0.15) is 32.1 Å². The molecule has 0 spiro atoms. The average Bonchev–Trinajstić information content (AvgIpc) is 3.28. The van der Waals surface area contributed by atoms with Gasteiger partial charge in [-0.25, -0.2) is 4.79 Å². The lowest BCUT2D eigenvalue weighted by Gasteiger charge is -2.21. The Morgan fingerprint density at radius 3 is 2.29 bits per heavy atom. The van der Waals surface area contributed by atoms with Gasteiger partial charge in [0.1, 0.15) is 6.04 Å². The van der Waals surface area contributed by atoms with Gasteiger partial charge in [-0.2, -0.15) is 5.26 Å². The Hall–Kier alpha value is -1.81. The van der Waals surface area contributed by atoms with Crippen LogP contribution >= 0.6 is 0 Å². The van der Waals surface area contributed by atoms with E-state index in [1.54, 1.807) is 9.80 Å². The first-order chi connectivity index (χ1) is 11.5. The van der Waals surface area contributed by atoms with Gasteiger partial charge in [-0.05, 0) is 37.5 Å². The first kappa shape index (κ1) is 18.5. The van der Waals surface area contributed by atoms with Crippen LogP contribution in [0, 0.1) is 23.2 Å². The monoisotopic (exact) mass is 335 g/mol. The minimum absolute atomic E-state index is 0.0121. The number of amides is 3. The quantitative estimate of drug-likeness (QED) is 0.769. The molecular weight excluding hydrogens is 306 g/mol. The number of carbonyl (C=O) groups is 2. The number of fused-ring (bicyclic) bond motifs is 1. The van der Waals surface area contributed by atoms with Gasteiger partial charge in [0.2, 0.25) is 5.91 Å². The SMILES string of the molecule is CN(C)C(=O)N1C[C@H]2CCC[C@H]2C1.N#CC1CCCN1C(=O)CN. The third-order valence-corrected chi connectivity index (χ3v) is 5.28. The van der Waals surface area contributed by atoms with Crippen LogP contribution < -0.4 is 5.73 Å². The molecule has 0 bridgehead atoms. The molecule has 3 aliphatic rings. The van der Waals surface area contributed by atoms with E-state index in [1.165, 1.54) is 19.3 Å². The number of urea groups is 1. The van der Waals surface area contributed by atoms with Crippen LogP contribution in [-0.2, 0) is 4.79 Å². The molecule has 24 heavy (non-hydrogen) atoms. The lowest BCUT2D eigenvalue weighted by atomic mass is 10.0. The molecule has 1 saturated carbocycles. The van der Waals surface area contributed by atoms with Gasteiger partial charge in [-0.3, -0.25) is 4.79 Å². The van der Waals surface area contributed by atoms with Crippen LogP contribution in [0.25, 0.3) is 0 Å². The summed E-state index contributed by atoms with van der Waals surface area (Å²) in [5, 5.41) is 8.60. The van der Waals surface area contributed by atoms with Crippen molar-refractivity contribution in [1.29, 1.82) is 5.26 Å². The zero-order valence-electron chi connectivity index (χ0n) is 14.8. The largest absolute Gasteiger partial charge is 0.331 e. The standard InChI is InChI=1S/C10H18N2O.C7H11N3O/c1-11(2)10(13)12-6-8-4-3-5-9(8)7-12;8-4-6-2-1-3-10(6)7(11)5-9/h8-9H,3-7H2,1-2H3;6H,1-3,5,9H2/t8-,9+;. The topological polar surface area (TPSA) is 93.7 Å². The number of rotatable bonds is 1. The van der Waals surface area contributed by atoms with Crippen molar-refractivity contribution in [2.75, 3.05) is 40.3 Å². The van der Waals surface area contributed by atoms with Crippen LogP contribution in [0.4, 0.5) is 4.79 Å². The van der Waals surface area contributed by atoms with Gasteiger partial charge < -0.3 is 20.4 Å². The van der Waals surface area contributed by atoms with E-state index in [-0.39, 0.29) is 24.5 Å². The van der Waals surface area contributed by atoms with Crippen molar-refractivity contribution >= 4 is 11.9 Å². The molecule has 7 heteroatoms. The van der Waals surface area contributed by atoms with E-state index in [1.807, 2.05) is 19.0 Å². The molecule has 0 aromatic rings. The molecule has 0 aromatic carbocycles. The number of hydrogen-bond acceptors (Lipinski definition) is 4. The Kier molecular flexibility index (Phi) is 6.44. The third kappa shape index (κ3) is 4.18. The highest BCUT2D eigenvalue weighted by Gasteiger charge is 2.38. The van der Waals surface area contributed by atoms with E-state index in [9.17, 15) is 9.59 Å². The van der Waals surface area contributed by atoms with Crippen LogP contribution in [0.15, 0.2) is 0 Å². The van der Waals surface area contributed by atoms with Crippen molar-refractivity contribution in [1.82, 2.24) is 14.7 Å². The number of likely N-dealkylation sites (tertiary alicyclic amines) is 2. The number of nitrogens with two attached hydrogens (primary N) is 1. The Morgan fingerprint density at radius 1 is 1.17 bits per heavy atom. The molecule has 2 aliphatic heterocycles. The second-order valence-electron chi connectivity index (χ2n) is 7.11. The summed E-state index contributed by atoms with van der Waals surface area (Å²) in [6, 6.07) is 2.04. The predicted molar refractivity (Wildman–Crippen MR) is 90.9 cm³/mol. The molecule has 7 nitrogen and oxygen atoms in total. The number of hydrogen-bond donors (Lipinski definition) is 1. The maximum atomic E-state index is 11.6. The highest BCUT2D eigenvalue weighted by atomic mass is 16.2. The molecule has 1 aliphatic carbocycles. The molecule has 2 heterocycles. The second-order valence-corrected chi connectivity index (χ2v) is 7.11. The molecule has 2 N–H and O–H groups in total. The normalized spacial score (nSPS) is 28.0. The predicted octanol–water partition coefficient (Wildman–Crippen LogP) is 0.860. The van der Waals surface area contributed by atoms with Crippen molar-refractivity contribution in [3.8, 4) is 6.07 Å². The van der Waals surface area contributed by atoms with Gasteiger partial charge in [0, 0.05) is 33.7 Å². The first-order valence-corrected chi connectivity index (χ1v) is 8.83. The molecule has 3 fully saturated rings. The van der Waals surface area contributed by atoms with E-state index in [0.717, 1.165) is 37.8 Å². The van der Waals surface area contributed by atoms with Crippen LogP contribution in [0.5, 0.6) is 0 Å². The highest BCUT2D eigenvalue weighted by Crippen LogP contribution is 2.37. The Labute approximate surface area is 144 Å². The maximum Gasteiger partial charge on any atom is 0.319 e. The Bertz CT molecular complexity index is 490. The zero-order chi connectivity index (χ0) is 17.7. The number of nitrogens with zero attached hydrogens (tertiary/aromatic N) is 4. The zero-order valence-corrected chi connectivity index (χ0v) is 14.8. The maximum absolute atomic E-state index is 11.6. The summed E-state index contributed by atoms with van der Waals surface area (Å²) in [6.45, 7) is 2.70. The van der Waals surface area contributed by atoms with Gasteiger partial charge in [-0.15, -0.1) is 0 Å². The number of nitriles is 1. The summed E-state index contributed by atoms with van der Waals surface area (Å²) in [6.07, 6.45) is 5.76. The molecule has 3 atom stereocenters. The highest BCUT2D eigenvalue weighted by molar-refractivity contribution is 5.79. The Balaban J connectivity index is 0.000000177. The van der Waals surface area contributed by atoms with Crippen LogP contribution in [0.2, 0.25) is 0 Å². The van der Waals surface area contributed by atoms with Crippen LogP contribution in [-0.4, -0.2) is 73.0 Å². The van der Waals surface area contributed by atoms with E-state index >= 15 is 0 Å². The van der Waals surface area contributed by atoms with Crippen molar-refractivity contribution < 1.29 is 9.59 Å². The fourth-order valence-corrected chi connectivity index (χ4v) is 3.99. The average molecular weight is 335 g/mol. The number of carbonyl (C=O) groups excluding carboxylic acids is 2. The lowest BCUT2D eigenvalue weighted by Crippen LogP contribution is -2.38. The first-order valence-electron chi connectivity index (χ1n) is 8.83. The summed E-state index contributed by atoms with van der Waals surface area (Å²) < 4.78 is 0. The van der Waals surface area contributed by atoms with E-state index in [0.29, 0.717) is 6.54 Å². The van der Waals surface area contributed by atoms with Gasteiger partial charge >= 0.3 is 6.03 Å². The summed E-state index contributed by atoms with van der Waals surface area (Å²) in [5.74, 6) is 1.50. The molecular formula is C17H29N5O2. The molecule has 1 unspecified atom stereocenters. The fourth-order valence-electron chi connectivity index (χ4n) is 3.99. The minimum Gasteiger partial charge on any atom is -0.331 e. The fraction of sp³-hybridized carbons (Fsp3) is 0.824. The van der Waals surface area contributed by atoms with E-state index in [2.05, 4.69) is 6.07 Å². The van der Waals surface area contributed by atoms with E-state index in [4.69, 9.17) is 11.0 Å². The van der Waals surface area contributed by atoms with Gasteiger partial charge in [0.05, 0.1) is 12.6 Å². The minimum atomic E-state index is -0.231. The van der Waals surface area contributed by atoms with E-state index < -0.39 is 0 Å². The molecule has 0 aromatic heterocycles. The molecule has 134 valence electrons. The molecule has 0 radical (unpaired) electrons. The van der Waals surface area contributed by atoms with Crippen molar-refractivity contribution in [3.05, 3.63) is 0 Å². The van der Waals surface area contributed by atoms with Crippen molar-refractivity contribution in [2.45, 2.75) is 38.1 Å². The Morgan fingerprint density at radius 2 is 1.79 bits per heavy atom. The molecule has 3 amide bonds. The van der Waals surface area contributed by atoms with Gasteiger partial charge in [0.15, 0.2) is 0 Å². The second kappa shape index (κ2) is 8.34. The van der Waals surface area contributed by atoms with Gasteiger partial charge in [0.25, 0.3) is 0 Å². The van der Waals surface area contributed by atoms with Crippen molar-refractivity contribution in [3.63, 3.8) is 0 Å². The summed E-state index contributed by atoms with van der Waals surface area (Å²) in [5.41, 5.74) is 5.17. The lowest BCUT2D eigenvalue weighted by molar-refractivity contribution is -0.129. The summed E-state index contributed by atoms with van der Waals surface area (Å²) in [4.78, 5) is 27.9. The van der Waals surface area contributed by atoms with Crippen LogP contribution in [0.3, 0.4) is 0 Å². The summed E-state index contributed by atoms with van der Waals surface area (Å²) >= 11 is 0. The van der Waals surface area contributed by atoms with Gasteiger partial charge in [-0.1, -0.05) is 6.42 Å². The summed E-state index contributed by atoms with van der Waals surface area (Å²) in [7, 11) is 3.66. The molecule has 2 saturated heterocycles. The third-order valence-electron chi connectivity index (χ3n) is 5.28. The molecule has 3 rings (SSSR count). The smallest absolute Gasteiger partial charge is 0.319 e.